The van der Waals surface area contributed by atoms with Crippen molar-refractivity contribution in [2.24, 2.45) is 5.92 Å². The Morgan fingerprint density at radius 3 is 2.11 bits per heavy atom. The summed E-state index contributed by atoms with van der Waals surface area (Å²) in [4.78, 5) is 24.1. The fraction of sp³-hybridized carbons (Fsp3) is 0.846. The molecule has 0 spiro atoms. The predicted octanol–water partition coefficient (Wildman–Crippen LogP) is 1.76. The lowest BCUT2D eigenvalue weighted by atomic mass is 10.1. The summed E-state index contributed by atoms with van der Waals surface area (Å²) in [6, 6.07) is -0.148. The molecule has 0 rings (SSSR count). The van der Waals surface area contributed by atoms with E-state index in [1.165, 1.54) is 4.90 Å². The summed E-state index contributed by atoms with van der Waals surface area (Å²) in [6.07, 6.45) is 0.295. The van der Waals surface area contributed by atoms with Gasteiger partial charge in [0.15, 0.2) is 0 Å². The highest BCUT2D eigenvalue weighted by Crippen LogP contribution is 2.07. The van der Waals surface area contributed by atoms with E-state index in [2.05, 4.69) is 13.8 Å². The molecule has 0 fully saturated rings. The van der Waals surface area contributed by atoms with Crippen molar-refractivity contribution in [3.63, 3.8) is 0 Å². The molecule has 0 aromatic carbocycles. The number of aliphatic carboxylic acids is 1. The summed E-state index contributed by atoms with van der Waals surface area (Å²) in [5.74, 6) is -0.755. The zero-order valence-electron chi connectivity index (χ0n) is 12.0. The monoisotopic (exact) mass is 259 g/mol. The maximum Gasteiger partial charge on any atom is 0.323 e. The Morgan fingerprint density at radius 1 is 1.17 bits per heavy atom. The molecule has 0 bridgehead atoms. The van der Waals surface area contributed by atoms with Crippen molar-refractivity contribution in [3.05, 3.63) is 0 Å². The van der Waals surface area contributed by atoms with E-state index >= 15 is 0 Å². The molecule has 0 saturated heterocycles. The fourth-order valence-electron chi connectivity index (χ4n) is 1.45. The van der Waals surface area contributed by atoms with Crippen LogP contribution in [0.15, 0.2) is 0 Å². The van der Waals surface area contributed by atoms with E-state index in [-0.39, 0.29) is 18.5 Å². The summed E-state index contributed by atoms with van der Waals surface area (Å²) in [5.41, 5.74) is 0. The van der Waals surface area contributed by atoms with E-state index in [4.69, 9.17) is 9.84 Å². The van der Waals surface area contributed by atoms with Crippen LogP contribution >= 0.6 is 0 Å². The third-order valence-electron chi connectivity index (χ3n) is 2.62. The van der Waals surface area contributed by atoms with Gasteiger partial charge in [0.05, 0.1) is 0 Å². The second-order valence-corrected chi connectivity index (χ2v) is 5.15. The van der Waals surface area contributed by atoms with Gasteiger partial charge in [0.1, 0.15) is 12.6 Å². The van der Waals surface area contributed by atoms with Crippen LogP contribution in [-0.4, -0.2) is 47.2 Å². The Morgan fingerprint density at radius 2 is 1.72 bits per heavy atom. The Kier molecular flexibility index (Phi) is 7.59. The number of amides is 1. The van der Waals surface area contributed by atoms with Gasteiger partial charge in [0.25, 0.3) is 5.91 Å². The van der Waals surface area contributed by atoms with E-state index in [9.17, 15) is 9.59 Å². The zero-order chi connectivity index (χ0) is 14.3. The van der Waals surface area contributed by atoms with E-state index in [0.29, 0.717) is 12.5 Å². The average molecular weight is 259 g/mol. The number of hydrogen-bond donors (Lipinski definition) is 1. The first-order valence-corrected chi connectivity index (χ1v) is 6.39. The molecule has 0 saturated carbocycles. The Hall–Kier alpha value is -1.10. The third-order valence-corrected chi connectivity index (χ3v) is 2.62. The molecule has 1 amide bonds. The SMILES string of the molecule is CC(C)CCOC(C)C(=O)N(CC(=O)O)C(C)C. The van der Waals surface area contributed by atoms with Crippen molar-refractivity contribution in [2.75, 3.05) is 13.2 Å². The highest BCUT2D eigenvalue weighted by molar-refractivity contribution is 5.84. The second kappa shape index (κ2) is 8.08. The zero-order valence-corrected chi connectivity index (χ0v) is 12.0. The molecule has 106 valence electrons. The molecule has 0 aromatic rings. The van der Waals surface area contributed by atoms with Crippen LogP contribution in [0.4, 0.5) is 0 Å². The molecule has 0 aliphatic heterocycles. The molecule has 18 heavy (non-hydrogen) atoms. The van der Waals surface area contributed by atoms with Crippen LogP contribution in [0, 0.1) is 5.92 Å². The number of rotatable bonds is 8. The molecular weight excluding hydrogens is 234 g/mol. The van der Waals surface area contributed by atoms with Gasteiger partial charge < -0.3 is 14.7 Å². The first-order valence-electron chi connectivity index (χ1n) is 6.39. The molecular formula is C13H25NO4. The molecule has 5 nitrogen and oxygen atoms in total. The minimum atomic E-state index is -1.01. The van der Waals surface area contributed by atoms with Crippen LogP contribution in [-0.2, 0) is 14.3 Å². The number of carboxylic acids is 1. The first kappa shape index (κ1) is 16.9. The summed E-state index contributed by atoms with van der Waals surface area (Å²) < 4.78 is 5.44. The highest BCUT2D eigenvalue weighted by Gasteiger charge is 2.25. The van der Waals surface area contributed by atoms with Gasteiger partial charge in [0.2, 0.25) is 0 Å². The largest absolute Gasteiger partial charge is 0.480 e. The van der Waals surface area contributed by atoms with Gasteiger partial charge in [-0.15, -0.1) is 0 Å². The third kappa shape index (κ3) is 6.59. The lowest BCUT2D eigenvalue weighted by Gasteiger charge is -2.27. The van der Waals surface area contributed by atoms with Crippen LogP contribution in [0.3, 0.4) is 0 Å². The molecule has 5 heteroatoms. The normalized spacial score (nSPS) is 12.8. The minimum absolute atomic E-state index is 0.148. The van der Waals surface area contributed by atoms with Crippen molar-refractivity contribution < 1.29 is 19.4 Å². The van der Waals surface area contributed by atoms with Crippen molar-refractivity contribution >= 4 is 11.9 Å². The average Bonchev–Trinajstić information content (AvgIpc) is 2.23. The van der Waals surface area contributed by atoms with Crippen molar-refractivity contribution in [1.82, 2.24) is 4.90 Å². The standard InChI is InChI=1S/C13H25NO4/c1-9(2)6-7-18-11(5)13(17)14(10(3)4)8-12(15)16/h9-11H,6-8H2,1-5H3,(H,15,16). The van der Waals surface area contributed by atoms with Gasteiger partial charge >= 0.3 is 5.97 Å². The first-order chi connectivity index (χ1) is 8.25. The topological polar surface area (TPSA) is 66.8 Å². The van der Waals surface area contributed by atoms with Gasteiger partial charge in [-0.1, -0.05) is 13.8 Å². The number of carboxylic acid groups (broad SMARTS) is 1. The predicted molar refractivity (Wildman–Crippen MR) is 69.4 cm³/mol. The molecule has 1 unspecified atom stereocenters. The number of carbonyl (C=O) groups is 2. The Bertz CT molecular complexity index is 276. The van der Waals surface area contributed by atoms with Crippen LogP contribution in [0.5, 0.6) is 0 Å². The molecule has 0 heterocycles. The summed E-state index contributed by atoms with van der Waals surface area (Å²) in [6.45, 7) is 9.66. The van der Waals surface area contributed by atoms with Gasteiger partial charge in [-0.3, -0.25) is 9.59 Å². The fourth-order valence-corrected chi connectivity index (χ4v) is 1.45. The second-order valence-electron chi connectivity index (χ2n) is 5.15. The Balaban J connectivity index is 4.33. The quantitative estimate of drug-likeness (QED) is 0.721. The number of carbonyl (C=O) groups excluding carboxylic acids is 1. The molecule has 1 atom stereocenters. The van der Waals surface area contributed by atoms with Crippen LogP contribution < -0.4 is 0 Å². The molecule has 0 aromatic heterocycles. The van der Waals surface area contributed by atoms with Crippen LogP contribution in [0.2, 0.25) is 0 Å². The van der Waals surface area contributed by atoms with Gasteiger partial charge in [-0.05, 0) is 33.1 Å². The van der Waals surface area contributed by atoms with Crippen LogP contribution in [0.25, 0.3) is 0 Å². The van der Waals surface area contributed by atoms with Gasteiger partial charge in [-0.25, -0.2) is 0 Å². The van der Waals surface area contributed by atoms with Crippen molar-refractivity contribution in [1.29, 1.82) is 0 Å². The van der Waals surface area contributed by atoms with E-state index in [0.717, 1.165) is 6.42 Å². The van der Waals surface area contributed by atoms with E-state index in [1.54, 1.807) is 20.8 Å². The van der Waals surface area contributed by atoms with Crippen molar-refractivity contribution in [3.8, 4) is 0 Å². The highest BCUT2D eigenvalue weighted by atomic mass is 16.5. The van der Waals surface area contributed by atoms with Gasteiger partial charge in [-0.2, -0.15) is 0 Å². The smallest absolute Gasteiger partial charge is 0.323 e. The molecule has 0 aliphatic rings. The number of ether oxygens (including phenoxy) is 1. The summed E-state index contributed by atoms with van der Waals surface area (Å²) >= 11 is 0. The van der Waals surface area contributed by atoms with Crippen molar-refractivity contribution in [2.45, 2.75) is 53.2 Å². The van der Waals surface area contributed by atoms with Gasteiger partial charge in [0, 0.05) is 12.6 Å². The maximum absolute atomic E-state index is 12.0. The van der Waals surface area contributed by atoms with Crippen LogP contribution in [0.1, 0.15) is 41.0 Å². The number of nitrogens with zero attached hydrogens (tertiary/aromatic N) is 1. The lowest BCUT2D eigenvalue weighted by molar-refractivity contribution is -0.151. The maximum atomic E-state index is 12.0. The molecule has 0 aliphatic carbocycles. The lowest BCUT2D eigenvalue weighted by Crippen LogP contribution is -2.46. The minimum Gasteiger partial charge on any atom is -0.480 e. The molecule has 1 N–H and O–H groups in total. The Labute approximate surface area is 109 Å². The number of hydrogen-bond acceptors (Lipinski definition) is 3. The molecule has 0 radical (unpaired) electrons. The van der Waals surface area contributed by atoms with E-state index in [1.807, 2.05) is 0 Å². The summed E-state index contributed by atoms with van der Waals surface area (Å²) in [5, 5.41) is 8.78. The van der Waals surface area contributed by atoms with E-state index < -0.39 is 12.1 Å². The summed E-state index contributed by atoms with van der Waals surface area (Å²) in [7, 11) is 0.